The summed E-state index contributed by atoms with van der Waals surface area (Å²) in [5.74, 6) is 0.525. The second-order valence-electron chi connectivity index (χ2n) is 3.92. The Morgan fingerprint density at radius 3 is 3.00 bits per heavy atom. The normalized spacial score (nSPS) is 11.2. The minimum Gasteiger partial charge on any atom is -0.304 e. The number of fused-ring (bicyclic) bond motifs is 1. The number of halogens is 1. The molecule has 0 unspecified atom stereocenters. The van der Waals surface area contributed by atoms with Gasteiger partial charge < -0.3 is 4.40 Å². The van der Waals surface area contributed by atoms with E-state index in [0.717, 1.165) is 16.9 Å². The van der Waals surface area contributed by atoms with Crippen LogP contribution in [0.2, 0.25) is 0 Å². The second kappa shape index (κ2) is 4.17. The Hall–Kier alpha value is -1.32. The molecule has 0 spiro atoms. The minimum atomic E-state index is 0.525. The van der Waals surface area contributed by atoms with Crippen molar-refractivity contribution in [3.63, 3.8) is 0 Å². The van der Waals surface area contributed by atoms with Crippen molar-refractivity contribution in [2.75, 3.05) is 0 Å². The molecule has 2 nitrogen and oxygen atoms in total. The first kappa shape index (κ1) is 10.8. The van der Waals surface area contributed by atoms with E-state index >= 15 is 0 Å². The van der Waals surface area contributed by atoms with E-state index in [1.807, 2.05) is 24.4 Å². The van der Waals surface area contributed by atoms with Crippen LogP contribution in [0.3, 0.4) is 0 Å². The highest BCUT2D eigenvalue weighted by Gasteiger charge is 2.10. The van der Waals surface area contributed by atoms with Crippen LogP contribution < -0.4 is 0 Å². The van der Waals surface area contributed by atoms with Crippen LogP contribution in [-0.2, 0) is 5.88 Å². The fourth-order valence-electron chi connectivity index (χ4n) is 1.94. The smallest absolute Gasteiger partial charge is 0.137 e. The van der Waals surface area contributed by atoms with Crippen molar-refractivity contribution < 1.29 is 0 Å². The van der Waals surface area contributed by atoms with Crippen molar-refractivity contribution in [1.29, 1.82) is 0 Å². The molecule has 3 heterocycles. The first-order valence-electron chi connectivity index (χ1n) is 5.37. The molecule has 0 bridgehead atoms. The molecule has 3 aromatic rings. The molecule has 0 fully saturated rings. The maximum absolute atomic E-state index is 5.84. The average molecular weight is 263 g/mol. The lowest BCUT2D eigenvalue weighted by Gasteiger charge is -1.98. The zero-order chi connectivity index (χ0) is 11.8. The lowest BCUT2D eigenvalue weighted by atomic mass is 10.3. The number of hydrogen-bond acceptors (Lipinski definition) is 2. The highest BCUT2D eigenvalue weighted by Crippen LogP contribution is 2.28. The van der Waals surface area contributed by atoms with Crippen LogP contribution in [0.1, 0.15) is 11.3 Å². The van der Waals surface area contributed by atoms with E-state index in [0.29, 0.717) is 5.88 Å². The van der Waals surface area contributed by atoms with Gasteiger partial charge in [0.15, 0.2) is 0 Å². The third-order valence-electron chi connectivity index (χ3n) is 2.84. The van der Waals surface area contributed by atoms with Crippen molar-refractivity contribution in [1.82, 2.24) is 9.38 Å². The minimum absolute atomic E-state index is 0.525. The predicted molar refractivity (Wildman–Crippen MR) is 72.8 cm³/mol. The number of imidazole rings is 1. The molecule has 3 aromatic heterocycles. The van der Waals surface area contributed by atoms with Crippen LogP contribution in [0, 0.1) is 6.92 Å². The number of aryl methyl sites for hydroxylation is 1. The Bertz CT molecular complexity index is 655. The number of aromatic nitrogens is 2. The molecule has 0 N–H and O–H groups in total. The first-order valence-corrected chi connectivity index (χ1v) is 6.78. The third kappa shape index (κ3) is 1.75. The fourth-order valence-corrected chi connectivity index (χ4v) is 2.87. The second-order valence-corrected chi connectivity index (χ2v) is 5.13. The zero-order valence-electron chi connectivity index (χ0n) is 9.35. The quantitative estimate of drug-likeness (QED) is 0.636. The molecule has 17 heavy (non-hydrogen) atoms. The molecule has 0 aliphatic rings. The van der Waals surface area contributed by atoms with Gasteiger partial charge in [-0.1, -0.05) is 6.07 Å². The summed E-state index contributed by atoms with van der Waals surface area (Å²) in [6, 6.07) is 8.22. The summed E-state index contributed by atoms with van der Waals surface area (Å²) in [7, 11) is 0. The summed E-state index contributed by atoms with van der Waals surface area (Å²) in [6.45, 7) is 2.09. The largest absolute Gasteiger partial charge is 0.304 e. The molecule has 0 saturated heterocycles. The van der Waals surface area contributed by atoms with E-state index in [1.165, 1.54) is 10.6 Å². The highest BCUT2D eigenvalue weighted by atomic mass is 35.5. The first-order chi connectivity index (χ1) is 8.29. The standard InChI is InChI=1S/C13H11ClN2S/c1-9-13(11-3-2-6-17-11)15-12-7-10(8-14)4-5-16(9)12/h2-7H,8H2,1H3. The number of rotatable bonds is 2. The van der Waals surface area contributed by atoms with Crippen molar-refractivity contribution in [3.05, 3.63) is 47.1 Å². The summed E-state index contributed by atoms with van der Waals surface area (Å²) in [5.41, 5.74) is 4.29. The molecule has 3 rings (SSSR count). The van der Waals surface area contributed by atoms with Crippen LogP contribution in [0.15, 0.2) is 35.8 Å². The van der Waals surface area contributed by atoms with E-state index in [-0.39, 0.29) is 0 Å². The lowest BCUT2D eigenvalue weighted by Crippen LogP contribution is -1.88. The number of nitrogens with zero attached hydrogens (tertiary/aromatic N) is 2. The molecule has 0 aliphatic heterocycles. The van der Waals surface area contributed by atoms with Crippen molar-refractivity contribution in [3.8, 4) is 10.6 Å². The predicted octanol–water partition coefficient (Wildman–Crippen LogP) is 4.11. The fraction of sp³-hybridized carbons (Fsp3) is 0.154. The number of alkyl halides is 1. The molecule has 0 radical (unpaired) electrons. The number of thiophene rings is 1. The van der Waals surface area contributed by atoms with Gasteiger partial charge in [0.2, 0.25) is 0 Å². The molecule has 0 atom stereocenters. The van der Waals surface area contributed by atoms with Crippen LogP contribution in [-0.4, -0.2) is 9.38 Å². The number of pyridine rings is 1. The number of hydrogen-bond donors (Lipinski definition) is 0. The molecular formula is C13H11ClN2S. The summed E-state index contributed by atoms with van der Waals surface area (Å²) in [6.07, 6.45) is 2.03. The van der Waals surface area contributed by atoms with Gasteiger partial charge >= 0.3 is 0 Å². The summed E-state index contributed by atoms with van der Waals surface area (Å²) < 4.78 is 2.10. The van der Waals surface area contributed by atoms with Crippen LogP contribution >= 0.6 is 22.9 Å². The van der Waals surface area contributed by atoms with E-state index in [2.05, 4.69) is 27.8 Å². The van der Waals surface area contributed by atoms with E-state index < -0.39 is 0 Å². The SMILES string of the molecule is Cc1c(-c2cccs2)nc2cc(CCl)ccn12. The van der Waals surface area contributed by atoms with Crippen molar-refractivity contribution in [2.45, 2.75) is 12.8 Å². The molecule has 0 aliphatic carbocycles. The van der Waals surface area contributed by atoms with E-state index in [1.54, 1.807) is 11.3 Å². The van der Waals surface area contributed by atoms with Gasteiger partial charge in [-0.2, -0.15) is 0 Å². The van der Waals surface area contributed by atoms with E-state index in [9.17, 15) is 0 Å². The van der Waals surface area contributed by atoms with Crippen LogP contribution in [0.4, 0.5) is 0 Å². The Morgan fingerprint density at radius 2 is 2.29 bits per heavy atom. The molecule has 86 valence electrons. The Kier molecular flexibility index (Phi) is 2.65. The highest BCUT2D eigenvalue weighted by molar-refractivity contribution is 7.13. The van der Waals surface area contributed by atoms with Gasteiger partial charge in [-0.05, 0) is 36.1 Å². The lowest BCUT2D eigenvalue weighted by molar-refractivity contribution is 1.10. The monoisotopic (exact) mass is 262 g/mol. The van der Waals surface area contributed by atoms with Gasteiger partial charge in [-0.15, -0.1) is 22.9 Å². The third-order valence-corrected chi connectivity index (χ3v) is 4.02. The maximum Gasteiger partial charge on any atom is 0.137 e. The molecule has 0 saturated carbocycles. The Labute approximate surface area is 108 Å². The van der Waals surface area contributed by atoms with Gasteiger partial charge in [-0.3, -0.25) is 0 Å². The topological polar surface area (TPSA) is 17.3 Å². The van der Waals surface area contributed by atoms with Gasteiger partial charge in [0.05, 0.1) is 4.88 Å². The van der Waals surface area contributed by atoms with Gasteiger partial charge in [0.1, 0.15) is 11.3 Å². The molecular weight excluding hydrogens is 252 g/mol. The maximum atomic E-state index is 5.84. The van der Waals surface area contributed by atoms with Crippen molar-refractivity contribution in [2.24, 2.45) is 0 Å². The summed E-state index contributed by atoms with van der Waals surface area (Å²) in [5, 5.41) is 2.07. The van der Waals surface area contributed by atoms with Gasteiger partial charge in [0.25, 0.3) is 0 Å². The molecule has 0 aromatic carbocycles. The van der Waals surface area contributed by atoms with Crippen molar-refractivity contribution >= 4 is 28.6 Å². The molecule has 4 heteroatoms. The Balaban J connectivity index is 2.24. The molecule has 0 amide bonds. The van der Waals surface area contributed by atoms with Gasteiger partial charge in [-0.25, -0.2) is 4.98 Å². The van der Waals surface area contributed by atoms with Crippen LogP contribution in [0.25, 0.3) is 16.2 Å². The summed E-state index contributed by atoms with van der Waals surface area (Å²) in [4.78, 5) is 5.89. The Morgan fingerprint density at radius 1 is 1.41 bits per heavy atom. The van der Waals surface area contributed by atoms with Crippen LogP contribution in [0.5, 0.6) is 0 Å². The average Bonchev–Trinajstić information content (AvgIpc) is 2.97. The van der Waals surface area contributed by atoms with Gasteiger partial charge in [0, 0.05) is 17.8 Å². The zero-order valence-corrected chi connectivity index (χ0v) is 10.9. The van der Waals surface area contributed by atoms with E-state index in [4.69, 9.17) is 11.6 Å². The summed E-state index contributed by atoms with van der Waals surface area (Å²) >= 11 is 7.55.